The second-order valence-electron chi connectivity index (χ2n) is 8.32. The first kappa shape index (κ1) is 21.3. The maximum atomic E-state index is 12.6. The summed E-state index contributed by atoms with van der Waals surface area (Å²) < 4.78 is 32.5. The molecule has 0 aliphatic rings. The summed E-state index contributed by atoms with van der Waals surface area (Å²) in [6.45, 7) is 0. The molecule has 6 aromatic rings. The molecule has 0 saturated heterocycles. The number of H-pyrrole nitrogens is 1. The third-order valence-electron chi connectivity index (χ3n) is 6.40. The lowest BCUT2D eigenvalue weighted by Crippen LogP contribution is -2.19. The molecule has 0 saturated carbocycles. The van der Waals surface area contributed by atoms with Gasteiger partial charge in [-0.2, -0.15) is 5.10 Å². The van der Waals surface area contributed by atoms with Crippen molar-refractivity contribution in [2.45, 2.75) is 4.90 Å². The van der Waals surface area contributed by atoms with E-state index in [0.29, 0.717) is 22.6 Å². The summed E-state index contributed by atoms with van der Waals surface area (Å²) in [7, 11) is 1.16. The SMILES string of the molecule is CNS(=O)(=O)c1ccc2nc(-c3n[nH]c4ccccc34)n(-c3ccc4c(c3)n(C)c(=O)n4C)c2c1. The first-order valence-corrected chi connectivity index (χ1v) is 12.3. The largest absolute Gasteiger partial charge is 0.328 e. The fraction of sp³-hybridized carbons (Fsp3) is 0.125. The summed E-state index contributed by atoms with van der Waals surface area (Å²) in [5, 5.41) is 8.47. The number of imidazole rings is 2. The number of rotatable bonds is 4. The lowest BCUT2D eigenvalue weighted by atomic mass is 10.2. The highest BCUT2D eigenvalue weighted by Gasteiger charge is 2.22. The Bertz CT molecular complexity index is 1960. The highest BCUT2D eigenvalue weighted by atomic mass is 32.2. The molecule has 2 N–H and O–H groups in total. The molecule has 0 aliphatic carbocycles. The topological polar surface area (TPSA) is 120 Å². The standard InChI is InChI=1S/C24H21N7O3S/c1-25-35(33,34)15-9-10-18-20(13-15)31(14-8-11-19-21(12-14)30(3)24(32)29(19)2)23(26-18)22-16-6-4-5-7-17(16)27-28-22/h4-13,25H,1-3H3,(H,27,28). The Kier molecular flexibility index (Phi) is 4.50. The molecule has 10 nitrogen and oxygen atoms in total. The minimum atomic E-state index is -3.67. The van der Waals surface area contributed by atoms with Gasteiger partial charge in [-0.1, -0.05) is 18.2 Å². The van der Waals surface area contributed by atoms with Gasteiger partial charge in [-0.15, -0.1) is 0 Å². The molecule has 0 radical (unpaired) electrons. The number of nitrogens with zero attached hydrogens (tertiary/aromatic N) is 5. The fourth-order valence-electron chi connectivity index (χ4n) is 4.53. The Balaban J connectivity index is 1.72. The second-order valence-corrected chi connectivity index (χ2v) is 10.2. The van der Waals surface area contributed by atoms with E-state index >= 15 is 0 Å². The van der Waals surface area contributed by atoms with Crippen LogP contribution in [-0.2, 0) is 24.1 Å². The van der Waals surface area contributed by atoms with Gasteiger partial charge in [0.05, 0.1) is 32.5 Å². The molecule has 3 heterocycles. The average molecular weight is 488 g/mol. The van der Waals surface area contributed by atoms with Gasteiger partial charge in [0, 0.05) is 25.2 Å². The maximum absolute atomic E-state index is 12.6. The van der Waals surface area contributed by atoms with Crippen LogP contribution in [0.15, 0.2) is 70.4 Å². The number of benzene rings is 3. The number of aryl methyl sites for hydroxylation is 2. The van der Waals surface area contributed by atoms with Crippen LogP contribution >= 0.6 is 0 Å². The van der Waals surface area contributed by atoms with Crippen LogP contribution in [0.2, 0.25) is 0 Å². The predicted molar refractivity (Wildman–Crippen MR) is 134 cm³/mol. The van der Waals surface area contributed by atoms with Crippen LogP contribution in [-0.4, -0.2) is 44.3 Å². The summed E-state index contributed by atoms with van der Waals surface area (Å²) in [6, 6.07) is 18.2. The third kappa shape index (κ3) is 3.05. The summed E-state index contributed by atoms with van der Waals surface area (Å²) in [4.78, 5) is 17.5. The number of hydrogen-bond acceptors (Lipinski definition) is 5. The summed E-state index contributed by atoms with van der Waals surface area (Å²) in [6.07, 6.45) is 0. The lowest BCUT2D eigenvalue weighted by molar-refractivity contribution is 0.588. The van der Waals surface area contributed by atoms with E-state index < -0.39 is 10.0 Å². The van der Waals surface area contributed by atoms with Crippen LogP contribution in [0, 0.1) is 0 Å². The van der Waals surface area contributed by atoms with Gasteiger partial charge in [-0.05, 0) is 49.5 Å². The van der Waals surface area contributed by atoms with Gasteiger partial charge in [0.2, 0.25) is 10.0 Å². The Morgan fingerprint density at radius 3 is 2.49 bits per heavy atom. The molecule has 3 aromatic carbocycles. The summed E-state index contributed by atoms with van der Waals surface area (Å²) in [5.41, 5.74) is 4.84. The first-order chi connectivity index (χ1) is 16.8. The molecular formula is C24H21N7O3S. The predicted octanol–water partition coefficient (Wildman–Crippen LogP) is 2.67. The van der Waals surface area contributed by atoms with E-state index in [0.717, 1.165) is 27.6 Å². The van der Waals surface area contributed by atoms with Crippen molar-refractivity contribution in [3.05, 3.63) is 71.1 Å². The van der Waals surface area contributed by atoms with Crippen LogP contribution in [0.5, 0.6) is 0 Å². The van der Waals surface area contributed by atoms with E-state index in [-0.39, 0.29) is 10.6 Å². The van der Waals surface area contributed by atoms with Crippen LogP contribution in [0.1, 0.15) is 0 Å². The highest BCUT2D eigenvalue weighted by Crippen LogP contribution is 2.33. The van der Waals surface area contributed by atoms with Gasteiger partial charge >= 0.3 is 5.69 Å². The molecule has 0 spiro atoms. The van der Waals surface area contributed by atoms with Crippen LogP contribution in [0.25, 0.3) is 50.2 Å². The number of hydrogen-bond donors (Lipinski definition) is 2. The van der Waals surface area contributed by atoms with E-state index in [1.54, 1.807) is 35.4 Å². The second kappa shape index (κ2) is 7.39. The number of fused-ring (bicyclic) bond motifs is 3. The van der Waals surface area contributed by atoms with E-state index in [1.165, 1.54) is 13.1 Å². The molecule has 0 unspecified atom stereocenters. The lowest BCUT2D eigenvalue weighted by Gasteiger charge is -2.10. The molecule has 11 heteroatoms. The molecule has 0 bridgehead atoms. The minimum Gasteiger partial charge on any atom is -0.295 e. The number of sulfonamides is 1. The number of aromatic nitrogens is 6. The fourth-order valence-corrected chi connectivity index (χ4v) is 5.28. The molecule has 0 amide bonds. The molecular weight excluding hydrogens is 466 g/mol. The van der Waals surface area contributed by atoms with Crippen molar-refractivity contribution in [1.29, 1.82) is 0 Å². The Morgan fingerprint density at radius 2 is 1.69 bits per heavy atom. The number of para-hydroxylation sites is 1. The highest BCUT2D eigenvalue weighted by molar-refractivity contribution is 7.89. The van der Waals surface area contributed by atoms with Gasteiger partial charge in [-0.25, -0.2) is 22.9 Å². The Hall–Kier alpha value is -4.22. The normalized spacial score (nSPS) is 12.3. The van der Waals surface area contributed by atoms with Crippen molar-refractivity contribution < 1.29 is 8.42 Å². The van der Waals surface area contributed by atoms with Gasteiger partial charge in [0.15, 0.2) is 5.82 Å². The van der Waals surface area contributed by atoms with E-state index in [4.69, 9.17) is 4.98 Å². The van der Waals surface area contributed by atoms with E-state index in [9.17, 15) is 13.2 Å². The van der Waals surface area contributed by atoms with Gasteiger partial charge < -0.3 is 0 Å². The van der Waals surface area contributed by atoms with Crippen LogP contribution in [0.3, 0.4) is 0 Å². The molecule has 6 rings (SSSR count). The Labute approximate surface area is 199 Å². The Morgan fingerprint density at radius 1 is 0.914 bits per heavy atom. The van der Waals surface area contributed by atoms with Crippen molar-refractivity contribution >= 4 is 43.0 Å². The zero-order chi connectivity index (χ0) is 24.5. The van der Waals surface area contributed by atoms with Gasteiger partial charge in [0.25, 0.3) is 0 Å². The summed E-state index contributed by atoms with van der Waals surface area (Å²) >= 11 is 0. The van der Waals surface area contributed by atoms with Crippen LogP contribution < -0.4 is 10.4 Å². The quantitative estimate of drug-likeness (QED) is 0.396. The molecule has 0 fully saturated rings. The van der Waals surface area contributed by atoms with Crippen molar-refractivity contribution in [2.75, 3.05) is 7.05 Å². The third-order valence-corrected chi connectivity index (χ3v) is 7.81. The monoisotopic (exact) mass is 487 g/mol. The smallest absolute Gasteiger partial charge is 0.295 e. The maximum Gasteiger partial charge on any atom is 0.328 e. The zero-order valence-corrected chi connectivity index (χ0v) is 20.0. The zero-order valence-electron chi connectivity index (χ0n) is 19.1. The molecule has 3 aromatic heterocycles. The molecule has 176 valence electrons. The molecule has 0 atom stereocenters. The molecule has 0 aliphatic heterocycles. The summed E-state index contributed by atoms with van der Waals surface area (Å²) in [5.74, 6) is 0.553. The average Bonchev–Trinajstić information content (AvgIpc) is 3.53. The number of nitrogens with one attached hydrogen (secondary N) is 2. The van der Waals surface area contributed by atoms with E-state index in [1.807, 2.05) is 47.0 Å². The van der Waals surface area contributed by atoms with Crippen molar-refractivity contribution in [3.63, 3.8) is 0 Å². The van der Waals surface area contributed by atoms with Crippen molar-refractivity contribution in [3.8, 4) is 17.2 Å². The van der Waals surface area contributed by atoms with Crippen LogP contribution in [0.4, 0.5) is 0 Å². The number of aromatic amines is 1. The van der Waals surface area contributed by atoms with Gasteiger partial charge in [0.1, 0.15) is 5.69 Å². The van der Waals surface area contributed by atoms with E-state index in [2.05, 4.69) is 14.9 Å². The minimum absolute atomic E-state index is 0.125. The van der Waals surface area contributed by atoms with Gasteiger partial charge in [-0.3, -0.25) is 18.8 Å². The molecule has 35 heavy (non-hydrogen) atoms. The van der Waals surface area contributed by atoms with Crippen molar-refractivity contribution in [1.82, 2.24) is 33.6 Å². The van der Waals surface area contributed by atoms with Crippen molar-refractivity contribution in [2.24, 2.45) is 14.1 Å². The first-order valence-electron chi connectivity index (χ1n) is 10.9.